The van der Waals surface area contributed by atoms with Gasteiger partial charge in [-0.2, -0.15) is 5.10 Å². The van der Waals surface area contributed by atoms with Gasteiger partial charge in [0, 0.05) is 18.6 Å². The highest BCUT2D eigenvalue weighted by Gasteiger charge is 2.21. The third-order valence-electron chi connectivity index (χ3n) is 2.96. The largest absolute Gasteiger partial charge is 0.347 e. The van der Waals surface area contributed by atoms with Gasteiger partial charge >= 0.3 is 0 Å². The Morgan fingerprint density at radius 2 is 2.00 bits per heavy atom. The van der Waals surface area contributed by atoms with Crippen LogP contribution in [0.3, 0.4) is 0 Å². The van der Waals surface area contributed by atoms with Gasteiger partial charge in [0.05, 0.1) is 5.69 Å². The Bertz CT molecular complexity index is 403. The fourth-order valence-electron chi connectivity index (χ4n) is 1.92. The van der Waals surface area contributed by atoms with Gasteiger partial charge < -0.3 is 10.2 Å². The maximum absolute atomic E-state index is 4.35. The van der Waals surface area contributed by atoms with Crippen LogP contribution in [-0.4, -0.2) is 28.8 Å². The van der Waals surface area contributed by atoms with E-state index in [9.17, 15) is 0 Å². The van der Waals surface area contributed by atoms with Crippen molar-refractivity contribution in [1.82, 2.24) is 15.5 Å². The van der Waals surface area contributed by atoms with Crippen LogP contribution in [0.5, 0.6) is 0 Å². The van der Waals surface area contributed by atoms with Crippen molar-refractivity contribution < 1.29 is 0 Å². The monoisotopic (exact) mass is 276 g/mol. The number of nitrogens with one attached hydrogen (secondary N) is 1. The third-order valence-corrected chi connectivity index (χ3v) is 2.96. The first-order valence-corrected chi connectivity index (χ1v) is 7.26. The van der Waals surface area contributed by atoms with Crippen LogP contribution in [-0.2, 0) is 6.54 Å². The molecule has 1 N–H and O–H groups in total. The van der Waals surface area contributed by atoms with Crippen molar-refractivity contribution >= 4 is 5.82 Å². The van der Waals surface area contributed by atoms with E-state index >= 15 is 0 Å². The van der Waals surface area contributed by atoms with E-state index in [1.165, 1.54) is 0 Å². The molecule has 0 spiro atoms. The Morgan fingerprint density at radius 3 is 2.45 bits per heavy atom. The zero-order chi connectivity index (χ0) is 15.2. The average Bonchev–Trinajstić information content (AvgIpc) is 2.35. The summed E-state index contributed by atoms with van der Waals surface area (Å²) in [5.74, 6) is 1.54. The summed E-state index contributed by atoms with van der Waals surface area (Å²) in [7, 11) is 0. The number of nitrogens with zero attached hydrogens (tertiary/aromatic N) is 3. The lowest BCUT2D eigenvalue weighted by atomic mass is 10.1. The van der Waals surface area contributed by atoms with E-state index < -0.39 is 0 Å². The molecule has 1 aromatic rings. The zero-order valence-electron chi connectivity index (χ0n) is 13.5. The molecule has 0 saturated heterocycles. The molecule has 0 atom stereocenters. The molecule has 1 rings (SSSR count). The van der Waals surface area contributed by atoms with Crippen molar-refractivity contribution in [3.8, 4) is 0 Å². The second kappa shape index (κ2) is 7.39. The van der Waals surface area contributed by atoms with Gasteiger partial charge in [-0.1, -0.05) is 19.9 Å². The summed E-state index contributed by atoms with van der Waals surface area (Å²) in [5.41, 5.74) is 0.974. The predicted octanol–water partition coefficient (Wildman–Crippen LogP) is 3.01. The van der Waals surface area contributed by atoms with Gasteiger partial charge in [-0.25, -0.2) is 0 Å². The normalized spacial score (nSPS) is 11.7. The Hall–Kier alpha value is -1.42. The quantitative estimate of drug-likeness (QED) is 0.777. The molecule has 1 heterocycles. The van der Waals surface area contributed by atoms with Crippen molar-refractivity contribution in [2.75, 3.05) is 18.0 Å². The van der Waals surface area contributed by atoms with Crippen molar-refractivity contribution in [3.05, 3.63) is 30.5 Å². The molecule has 0 saturated carbocycles. The first kappa shape index (κ1) is 16.6. The molecule has 0 bridgehead atoms. The second-order valence-corrected chi connectivity index (χ2v) is 6.48. The van der Waals surface area contributed by atoms with Crippen LogP contribution in [0.4, 0.5) is 5.82 Å². The van der Waals surface area contributed by atoms with E-state index in [0.717, 1.165) is 31.1 Å². The molecule has 1 aromatic heterocycles. The maximum atomic E-state index is 4.35. The highest BCUT2D eigenvalue weighted by Crippen LogP contribution is 2.20. The van der Waals surface area contributed by atoms with Crippen LogP contribution in [0.1, 0.15) is 40.3 Å². The number of hydrogen-bond donors (Lipinski definition) is 1. The van der Waals surface area contributed by atoms with E-state index in [0.29, 0.717) is 5.92 Å². The van der Waals surface area contributed by atoms with Crippen molar-refractivity contribution in [3.63, 3.8) is 0 Å². The fraction of sp³-hybridized carbons (Fsp3) is 0.625. The van der Waals surface area contributed by atoms with Gasteiger partial charge in [0.2, 0.25) is 0 Å². The maximum Gasteiger partial charge on any atom is 0.151 e. The lowest BCUT2D eigenvalue weighted by molar-refractivity contribution is 0.513. The van der Waals surface area contributed by atoms with Crippen LogP contribution < -0.4 is 10.2 Å². The highest BCUT2D eigenvalue weighted by molar-refractivity contribution is 5.41. The summed E-state index contributed by atoms with van der Waals surface area (Å²) in [5, 5.41) is 12.0. The third kappa shape index (κ3) is 5.29. The second-order valence-electron chi connectivity index (χ2n) is 6.48. The van der Waals surface area contributed by atoms with Crippen LogP contribution in [0.15, 0.2) is 24.8 Å². The summed E-state index contributed by atoms with van der Waals surface area (Å²) in [4.78, 5) is 2.19. The number of aromatic nitrogens is 2. The lowest BCUT2D eigenvalue weighted by Crippen LogP contribution is -2.42. The molecule has 0 unspecified atom stereocenters. The van der Waals surface area contributed by atoms with Gasteiger partial charge in [-0.05, 0) is 45.4 Å². The van der Waals surface area contributed by atoms with Crippen LogP contribution in [0.2, 0.25) is 0 Å². The van der Waals surface area contributed by atoms with Gasteiger partial charge in [-0.15, -0.1) is 11.7 Å². The minimum absolute atomic E-state index is 0.000277. The summed E-state index contributed by atoms with van der Waals surface area (Å²) in [6.07, 6.45) is 1.89. The number of hydrogen-bond acceptors (Lipinski definition) is 4. The van der Waals surface area contributed by atoms with Gasteiger partial charge in [-0.3, -0.25) is 0 Å². The van der Waals surface area contributed by atoms with Gasteiger partial charge in [0.25, 0.3) is 0 Å². The Labute approximate surface area is 123 Å². The van der Waals surface area contributed by atoms with Gasteiger partial charge in [0.15, 0.2) is 5.82 Å². The molecule has 20 heavy (non-hydrogen) atoms. The van der Waals surface area contributed by atoms with Crippen molar-refractivity contribution in [2.24, 2.45) is 5.92 Å². The molecular weight excluding hydrogens is 248 g/mol. The zero-order valence-corrected chi connectivity index (χ0v) is 13.5. The summed E-state index contributed by atoms with van der Waals surface area (Å²) in [6.45, 7) is 17.2. The smallest absolute Gasteiger partial charge is 0.151 e. The highest BCUT2D eigenvalue weighted by atomic mass is 15.3. The summed E-state index contributed by atoms with van der Waals surface area (Å²) < 4.78 is 0. The van der Waals surface area contributed by atoms with Gasteiger partial charge in [0.1, 0.15) is 0 Å². The lowest BCUT2D eigenvalue weighted by Gasteiger charge is -2.35. The van der Waals surface area contributed by atoms with E-state index in [1.54, 1.807) is 0 Å². The van der Waals surface area contributed by atoms with E-state index in [2.05, 4.69) is 61.6 Å². The fourth-order valence-corrected chi connectivity index (χ4v) is 1.92. The first-order chi connectivity index (χ1) is 9.34. The molecule has 0 radical (unpaired) electrons. The minimum atomic E-state index is 0.000277. The molecule has 0 aliphatic heterocycles. The molecule has 112 valence electrons. The average molecular weight is 276 g/mol. The minimum Gasteiger partial charge on any atom is -0.347 e. The Morgan fingerprint density at radius 1 is 1.30 bits per heavy atom. The number of anilines is 1. The van der Waals surface area contributed by atoms with Crippen LogP contribution in [0, 0.1) is 5.92 Å². The number of rotatable bonds is 7. The van der Waals surface area contributed by atoms with Crippen molar-refractivity contribution in [1.29, 1.82) is 0 Å². The topological polar surface area (TPSA) is 41.0 Å². The molecule has 0 fully saturated rings. The summed E-state index contributed by atoms with van der Waals surface area (Å²) in [6, 6.07) is 4.08. The van der Waals surface area contributed by atoms with Crippen LogP contribution in [0.25, 0.3) is 0 Å². The standard InChI is InChI=1S/C16H28N4/c1-7-10-20(16(4,5)6)15-9-8-14(18-19-15)12-17-11-13(2)3/h7-9,13,17H,1,10-12H2,2-6H3. The van der Waals surface area contributed by atoms with E-state index in [1.807, 2.05) is 18.2 Å². The predicted molar refractivity (Wildman–Crippen MR) is 85.9 cm³/mol. The first-order valence-electron chi connectivity index (χ1n) is 7.26. The molecule has 0 aliphatic carbocycles. The van der Waals surface area contributed by atoms with E-state index in [-0.39, 0.29) is 5.54 Å². The van der Waals surface area contributed by atoms with E-state index in [4.69, 9.17) is 0 Å². The Kier molecular flexibility index (Phi) is 6.14. The SMILES string of the molecule is C=CCN(c1ccc(CNCC(C)C)nn1)C(C)(C)C. The molecule has 0 aromatic carbocycles. The molecular formula is C16H28N4. The molecule has 4 nitrogen and oxygen atoms in total. The van der Waals surface area contributed by atoms with Crippen LogP contribution >= 0.6 is 0 Å². The molecule has 0 aliphatic rings. The Balaban J connectivity index is 2.71. The van der Waals surface area contributed by atoms with Crippen molar-refractivity contribution in [2.45, 2.75) is 46.7 Å². The molecule has 0 amide bonds. The molecule has 4 heteroatoms. The summed E-state index contributed by atoms with van der Waals surface area (Å²) >= 11 is 0.